The molecule has 2 nitrogen and oxygen atoms in total. The van der Waals surface area contributed by atoms with Crippen LogP contribution in [0.4, 0.5) is 0 Å². The van der Waals surface area contributed by atoms with Crippen molar-refractivity contribution in [3.63, 3.8) is 0 Å². The number of unbranched alkanes of at least 4 members (excludes halogenated alkanes) is 11. The van der Waals surface area contributed by atoms with E-state index < -0.39 is 0 Å². The maximum Gasteiger partial charge on any atom is 0.158 e. The van der Waals surface area contributed by atoms with Gasteiger partial charge in [-0.1, -0.05) is 90.6 Å². The Hall–Kier alpha value is -0.920. The van der Waals surface area contributed by atoms with Crippen molar-refractivity contribution in [2.24, 2.45) is 5.92 Å². The van der Waals surface area contributed by atoms with Crippen LogP contribution in [0.25, 0.3) is 0 Å². The van der Waals surface area contributed by atoms with Crippen molar-refractivity contribution in [3.05, 3.63) is 11.6 Å². The zero-order valence-corrected chi connectivity index (χ0v) is 17.2. The van der Waals surface area contributed by atoms with Crippen molar-refractivity contribution in [3.8, 4) is 0 Å². The van der Waals surface area contributed by atoms with Crippen molar-refractivity contribution >= 4 is 12.1 Å². The Bertz CT molecular complexity index is 357. The number of Topliss-reactive ketones (excluding diaryl/α,β-unsaturated/α-hetero) is 1. The van der Waals surface area contributed by atoms with E-state index in [-0.39, 0.29) is 11.7 Å². The quantitative estimate of drug-likeness (QED) is 0.149. The smallest absolute Gasteiger partial charge is 0.158 e. The van der Waals surface area contributed by atoms with Gasteiger partial charge in [-0.05, 0) is 31.8 Å². The van der Waals surface area contributed by atoms with E-state index in [1.807, 2.05) is 6.92 Å². The van der Waals surface area contributed by atoms with Crippen LogP contribution < -0.4 is 0 Å². The SMILES string of the molecule is CCCCCCCCC=C(C)C(=O)CC(C=O)CCCCCCCC. The number of aldehydes is 1. The molecule has 0 N–H and O–H groups in total. The second kappa shape index (κ2) is 17.9. The van der Waals surface area contributed by atoms with Crippen molar-refractivity contribution in [1.82, 2.24) is 0 Å². The molecule has 0 aliphatic heterocycles. The number of carbonyl (C=O) groups is 2. The van der Waals surface area contributed by atoms with Crippen LogP contribution >= 0.6 is 0 Å². The Morgan fingerprint density at radius 3 is 1.88 bits per heavy atom. The third kappa shape index (κ3) is 15.1. The molecule has 0 radical (unpaired) electrons. The third-order valence-corrected chi connectivity index (χ3v) is 5.02. The summed E-state index contributed by atoms with van der Waals surface area (Å²) in [5.41, 5.74) is 0.850. The summed E-state index contributed by atoms with van der Waals surface area (Å²) >= 11 is 0. The van der Waals surface area contributed by atoms with Gasteiger partial charge in [0.2, 0.25) is 0 Å². The second-order valence-corrected chi connectivity index (χ2v) is 7.52. The molecule has 1 unspecified atom stereocenters. The summed E-state index contributed by atoms with van der Waals surface area (Å²) in [5.74, 6) is 0.0742. The molecule has 0 saturated carbocycles. The van der Waals surface area contributed by atoms with Gasteiger partial charge in [0.25, 0.3) is 0 Å². The molecule has 0 aromatic carbocycles. The summed E-state index contributed by atoms with van der Waals surface area (Å²) < 4.78 is 0. The molecule has 1 atom stereocenters. The lowest BCUT2D eigenvalue weighted by Crippen LogP contribution is -2.11. The Kier molecular flexibility index (Phi) is 17.2. The van der Waals surface area contributed by atoms with Crippen molar-refractivity contribution in [2.45, 2.75) is 117 Å². The van der Waals surface area contributed by atoms with Gasteiger partial charge in [0.15, 0.2) is 5.78 Å². The van der Waals surface area contributed by atoms with Crippen LogP contribution in [0.2, 0.25) is 0 Å². The number of hydrogen-bond acceptors (Lipinski definition) is 2. The van der Waals surface area contributed by atoms with Crippen LogP contribution in [0.3, 0.4) is 0 Å². The van der Waals surface area contributed by atoms with E-state index in [1.54, 1.807) is 0 Å². The number of ketones is 1. The first-order valence-corrected chi connectivity index (χ1v) is 10.8. The van der Waals surface area contributed by atoms with Crippen LogP contribution in [-0.2, 0) is 9.59 Å². The number of hydrogen-bond donors (Lipinski definition) is 0. The summed E-state index contributed by atoms with van der Waals surface area (Å²) in [6, 6.07) is 0. The van der Waals surface area contributed by atoms with Gasteiger partial charge in [-0.3, -0.25) is 4.79 Å². The van der Waals surface area contributed by atoms with Gasteiger partial charge in [-0.25, -0.2) is 0 Å². The highest BCUT2D eigenvalue weighted by Gasteiger charge is 2.14. The number of rotatable bonds is 18. The fraction of sp³-hybridized carbons (Fsp3) is 0.826. The lowest BCUT2D eigenvalue weighted by Gasteiger charge is -2.10. The summed E-state index contributed by atoms with van der Waals surface area (Å²) in [5, 5.41) is 0. The predicted molar refractivity (Wildman–Crippen MR) is 109 cm³/mol. The topological polar surface area (TPSA) is 34.1 Å². The van der Waals surface area contributed by atoms with Crippen LogP contribution in [0, 0.1) is 5.92 Å². The van der Waals surface area contributed by atoms with Gasteiger partial charge < -0.3 is 4.79 Å². The lowest BCUT2D eigenvalue weighted by atomic mass is 9.94. The number of allylic oxidation sites excluding steroid dienone is 2. The predicted octanol–water partition coefficient (Wildman–Crippen LogP) is 7.21. The summed E-state index contributed by atoms with van der Waals surface area (Å²) in [7, 11) is 0. The molecule has 0 aliphatic rings. The first kappa shape index (κ1) is 24.1. The maximum absolute atomic E-state index is 12.3. The standard InChI is InChI=1S/C23H42O2/c1-4-6-8-10-12-13-15-17-21(3)23(25)19-22(20-24)18-16-14-11-9-7-5-2/h17,20,22H,4-16,18-19H2,1-3H3. The fourth-order valence-corrected chi connectivity index (χ4v) is 3.16. The molecule has 146 valence electrons. The molecule has 2 heteroatoms. The largest absolute Gasteiger partial charge is 0.303 e. The first-order valence-electron chi connectivity index (χ1n) is 10.8. The van der Waals surface area contributed by atoms with Crippen molar-refractivity contribution in [2.75, 3.05) is 0 Å². The first-order chi connectivity index (χ1) is 12.2. The normalized spacial score (nSPS) is 13.0. The van der Waals surface area contributed by atoms with E-state index in [9.17, 15) is 9.59 Å². The third-order valence-electron chi connectivity index (χ3n) is 5.02. The molecule has 0 saturated heterocycles. The number of carbonyl (C=O) groups excluding carboxylic acids is 2. The highest BCUT2D eigenvalue weighted by atomic mass is 16.1. The Morgan fingerprint density at radius 2 is 1.32 bits per heavy atom. The fourth-order valence-electron chi connectivity index (χ4n) is 3.16. The molecule has 0 fully saturated rings. The summed E-state index contributed by atoms with van der Waals surface area (Å²) in [6.07, 6.45) is 20.4. The molecular formula is C23H42O2. The van der Waals surface area contributed by atoms with Crippen molar-refractivity contribution in [1.29, 1.82) is 0 Å². The Labute approximate surface area is 156 Å². The Balaban J connectivity index is 3.88. The van der Waals surface area contributed by atoms with Gasteiger partial charge in [0.1, 0.15) is 6.29 Å². The van der Waals surface area contributed by atoms with Gasteiger partial charge in [0.05, 0.1) is 0 Å². The molecule has 0 bridgehead atoms. The van der Waals surface area contributed by atoms with E-state index in [4.69, 9.17) is 0 Å². The molecular weight excluding hydrogens is 308 g/mol. The molecule has 0 amide bonds. The monoisotopic (exact) mass is 350 g/mol. The van der Waals surface area contributed by atoms with E-state index in [0.29, 0.717) is 6.42 Å². The minimum Gasteiger partial charge on any atom is -0.303 e. The average molecular weight is 351 g/mol. The van der Waals surface area contributed by atoms with Crippen LogP contribution in [0.1, 0.15) is 117 Å². The van der Waals surface area contributed by atoms with Gasteiger partial charge in [-0.2, -0.15) is 0 Å². The Morgan fingerprint density at radius 1 is 0.800 bits per heavy atom. The van der Waals surface area contributed by atoms with Crippen LogP contribution in [0.5, 0.6) is 0 Å². The minimum absolute atomic E-state index is 0.0870. The van der Waals surface area contributed by atoms with Gasteiger partial charge in [-0.15, -0.1) is 0 Å². The molecule has 0 spiro atoms. The molecule has 25 heavy (non-hydrogen) atoms. The van der Waals surface area contributed by atoms with E-state index >= 15 is 0 Å². The second-order valence-electron chi connectivity index (χ2n) is 7.52. The molecule has 0 aliphatic carbocycles. The average Bonchev–Trinajstić information content (AvgIpc) is 2.62. The van der Waals surface area contributed by atoms with E-state index in [0.717, 1.165) is 31.1 Å². The van der Waals surface area contributed by atoms with E-state index in [1.165, 1.54) is 70.6 Å². The zero-order valence-electron chi connectivity index (χ0n) is 17.2. The minimum atomic E-state index is -0.0870. The van der Waals surface area contributed by atoms with Gasteiger partial charge >= 0.3 is 0 Å². The molecule has 0 heterocycles. The molecule has 0 rings (SSSR count). The molecule has 0 aromatic rings. The highest BCUT2D eigenvalue weighted by molar-refractivity contribution is 5.95. The zero-order chi connectivity index (χ0) is 18.8. The lowest BCUT2D eigenvalue weighted by molar-refractivity contribution is -0.120. The summed E-state index contributed by atoms with van der Waals surface area (Å²) in [4.78, 5) is 23.5. The summed E-state index contributed by atoms with van der Waals surface area (Å²) in [6.45, 7) is 6.36. The van der Waals surface area contributed by atoms with Crippen molar-refractivity contribution < 1.29 is 9.59 Å². The maximum atomic E-state index is 12.3. The van der Waals surface area contributed by atoms with E-state index in [2.05, 4.69) is 19.9 Å². The molecule has 0 aromatic heterocycles. The highest BCUT2D eigenvalue weighted by Crippen LogP contribution is 2.17. The van der Waals surface area contributed by atoms with Crippen LogP contribution in [-0.4, -0.2) is 12.1 Å². The van der Waals surface area contributed by atoms with Gasteiger partial charge in [0, 0.05) is 12.3 Å². The van der Waals surface area contributed by atoms with Crippen LogP contribution in [0.15, 0.2) is 11.6 Å².